The highest BCUT2D eigenvalue weighted by molar-refractivity contribution is 7.92. The fourth-order valence-corrected chi connectivity index (χ4v) is 5.13. The molecule has 0 aliphatic heterocycles. The standard InChI is InChI=1S/C25H28N6O8S/c1-4-15-5-6-18(36-2)21(9-15)40(34,35)30-24-23-19(37-3)7-16(8-20(23)39-29-24)12-31-13-17(11-28-31)10-27-22(32)14-38-25(26)33/h5-9,11,13H,4,10,12,14H2,1-3H3,(H2,26,33)(H,27,32)(H,29,30). The lowest BCUT2D eigenvalue weighted by atomic mass is 10.1. The number of nitrogens with two attached hydrogens (primary N) is 1. The zero-order valence-electron chi connectivity index (χ0n) is 22.0. The topological polar surface area (TPSA) is 190 Å². The third-order valence-electron chi connectivity index (χ3n) is 5.84. The number of anilines is 1. The number of methoxy groups -OCH3 is 2. The molecule has 0 unspecified atom stereocenters. The maximum atomic E-state index is 13.3. The van der Waals surface area contributed by atoms with Gasteiger partial charge in [0, 0.05) is 18.3 Å². The van der Waals surface area contributed by atoms with E-state index in [2.05, 4.69) is 25.0 Å². The van der Waals surface area contributed by atoms with E-state index in [1.807, 2.05) is 6.92 Å². The third kappa shape index (κ3) is 6.43. The number of benzene rings is 2. The second-order valence-corrected chi connectivity index (χ2v) is 10.2. The normalized spacial score (nSPS) is 11.3. The Labute approximate surface area is 229 Å². The van der Waals surface area contributed by atoms with E-state index in [1.165, 1.54) is 14.2 Å². The summed E-state index contributed by atoms with van der Waals surface area (Å²) >= 11 is 0. The Morgan fingerprint density at radius 2 is 1.85 bits per heavy atom. The van der Waals surface area contributed by atoms with E-state index >= 15 is 0 Å². The van der Waals surface area contributed by atoms with Gasteiger partial charge in [-0.1, -0.05) is 18.1 Å². The minimum absolute atomic E-state index is 0.0211. The summed E-state index contributed by atoms with van der Waals surface area (Å²) < 4.78 is 51.4. The molecule has 0 spiro atoms. The largest absolute Gasteiger partial charge is 0.496 e. The predicted octanol–water partition coefficient (Wildman–Crippen LogP) is 2.16. The predicted molar refractivity (Wildman–Crippen MR) is 142 cm³/mol. The molecule has 0 saturated carbocycles. The minimum atomic E-state index is -4.08. The van der Waals surface area contributed by atoms with Gasteiger partial charge in [-0.15, -0.1) is 0 Å². The Kier molecular flexibility index (Phi) is 8.43. The van der Waals surface area contributed by atoms with Gasteiger partial charge in [-0.3, -0.25) is 14.2 Å². The maximum absolute atomic E-state index is 13.3. The van der Waals surface area contributed by atoms with E-state index < -0.39 is 28.6 Å². The number of hydrogen-bond donors (Lipinski definition) is 3. The fraction of sp³-hybridized carbons (Fsp3) is 0.280. The first-order valence-electron chi connectivity index (χ1n) is 12.0. The van der Waals surface area contributed by atoms with Crippen molar-refractivity contribution < 1.29 is 36.7 Å². The molecular weight excluding hydrogens is 544 g/mol. The first-order chi connectivity index (χ1) is 19.1. The SMILES string of the molecule is CCc1ccc(OC)c(S(=O)(=O)Nc2noc3cc(Cn4cc(CNC(=O)COC(N)=O)cn4)cc(OC)c23)c1. The molecule has 0 fully saturated rings. The van der Waals surface area contributed by atoms with Crippen LogP contribution in [0, 0.1) is 0 Å². The number of carbonyl (C=O) groups is 2. The summed E-state index contributed by atoms with van der Waals surface area (Å²) in [7, 11) is -1.23. The average molecular weight is 573 g/mol. The van der Waals surface area contributed by atoms with Crippen LogP contribution in [0.3, 0.4) is 0 Å². The molecule has 0 aliphatic rings. The summed E-state index contributed by atoms with van der Waals surface area (Å²) in [6, 6.07) is 8.38. The van der Waals surface area contributed by atoms with Crippen molar-refractivity contribution in [1.29, 1.82) is 0 Å². The average Bonchev–Trinajstić information content (AvgIpc) is 3.56. The van der Waals surface area contributed by atoms with Crippen LogP contribution in [0.5, 0.6) is 11.5 Å². The van der Waals surface area contributed by atoms with Crippen molar-refractivity contribution in [1.82, 2.24) is 20.3 Å². The molecule has 4 rings (SSSR count). The molecule has 4 N–H and O–H groups in total. The van der Waals surface area contributed by atoms with Gasteiger partial charge in [0.2, 0.25) is 0 Å². The number of sulfonamides is 1. The number of nitrogens with one attached hydrogen (secondary N) is 2. The zero-order chi connectivity index (χ0) is 28.9. The first kappa shape index (κ1) is 28.2. The molecule has 2 aromatic heterocycles. The lowest BCUT2D eigenvalue weighted by Crippen LogP contribution is -2.29. The number of hydrogen-bond acceptors (Lipinski definition) is 10. The molecule has 0 atom stereocenters. The quantitative estimate of drug-likeness (QED) is 0.227. The van der Waals surface area contributed by atoms with Crippen LogP contribution in [0.2, 0.25) is 0 Å². The molecule has 2 heterocycles. The Morgan fingerprint density at radius 3 is 2.55 bits per heavy atom. The number of amides is 2. The van der Waals surface area contributed by atoms with Crippen molar-refractivity contribution in [3.63, 3.8) is 0 Å². The summed E-state index contributed by atoms with van der Waals surface area (Å²) in [5, 5.41) is 11.2. The van der Waals surface area contributed by atoms with Crippen LogP contribution in [0.25, 0.3) is 11.0 Å². The molecule has 40 heavy (non-hydrogen) atoms. The first-order valence-corrected chi connectivity index (χ1v) is 13.5. The molecule has 14 nitrogen and oxygen atoms in total. The highest BCUT2D eigenvalue weighted by Gasteiger charge is 2.25. The molecule has 2 amide bonds. The molecule has 15 heteroatoms. The molecule has 0 aliphatic carbocycles. The smallest absolute Gasteiger partial charge is 0.405 e. The summed E-state index contributed by atoms with van der Waals surface area (Å²) in [5.74, 6) is 0.00788. The van der Waals surface area contributed by atoms with E-state index in [0.29, 0.717) is 35.2 Å². The molecule has 4 aromatic rings. The molecule has 2 aromatic carbocycles. The second kappa shape index (κ2) is 11.9. The lowest BCUT2D eigenvalue weighted by Gasteiger charge is -2.12. The number of fused-ring (bicyclic) bond motifs is 1. The molecule has 0 saturated heterocycles. The highest BCUT2D eigenvalue weighted by atomic mass is 32.2. The van der Waals surface area contributed by atoms with Gasteiger partial charge in [0.05, 0.1) is 27.0 Å². The van der Waals surface area contributed by atoms with Gasteiger partial charge in [-0.05, 0) is 41.8 Å². The minimum Gasteiger partial charge on any atom is -0.496 e. The van der Waals surface area contributed by atoms with Crippen molar-refractivity contribution >= 4 is 38.8 Å². The molecule has 0 bridgehead atoms. The van der Waals surface area contributed by atoms with Gasteiger partial charge in [0.15, 0.2) is 18.0 Å². The third-order valence-corrected chi connectivity index (χ3v) is 7.20. The van der Waals surface area contributed by atoms with Gasteiger partial charge in [0.25, 0.3) is 15.9 Å². The van der Waals surface area contributed by atoms with Crippen LogP contribution in [-0.4, -0.2) is 56.2 Å². The maximum Gasteiger partial charge on any atom is 0.405 e. The fourth-order valence-electron chi connectivity index (χ4n) is 3.90. The summed E-state index contributed by atoms with van der Waals surface area (Å²) in [6.07, 6.45) is 2.92. The van der Waals surface area contributed by atoms with Crippen molar-refractivity contribution in [3.05, 3.63) is 59.4 Å². The van der Waals surface area contributed by atoms with E-state index in [-0.39, 0.29) is 23.0 Å². The number of aromatic nitrogens is 3. The number of rotatable bonds is 12. The van der Waals surface area contributed by atoms with Crippen molar-refractivity contribution in [2.24, 2.45) is 5.73 Å². The monoisotopic (exact) mass is 572 g/mol. The van der Waals surface area contributed by atoms with Gasteiger partial charge in [-0.2, -0.15) is 5.10 Å². The van der Waals surface area contributed by atoms with Gasteiger partial charge in [0.1, 0.15) is 21.8 Å². The summed E-state index contributed by atoms with van der Waals surface area (Å²) in [6.45, 7) is 1.93. The Bertz CT molecular complexity index is 1650. The lowest BCUT2D eigenvalue weighted by molar-refractivity contribution is -0.124. The van der Waals surface area contributed by atoms with Crippen molar-refractivity contribution in [2.45, 2.75) is 31.3 Å². The molecule has 212 valence electrons. The van der Waals surface area contributed by atoms with Gasteiger partial charge in [-0.25, -0.2) is 13.2 Å². The Morgan fingerprint density at radius 1 is 1.07 bits per heavy atom. The summed E-state index contributed by atoms with van der Waals surface area (Å²) in [4.78, 5) is 22.3. The van der Waals surface area contributed by atoms with Crippen LogP contribution >= 0.6 is 0 Å². The molecule has 0 radical (unpaired) electrons. The molecular formula is C25H28N6O8S. The zero-order valence-corrected chi connectivity index (χ0v) is 22.8. The van der Waals surface area contributed by atoms with Crippen molar-refractivity contribution in [3.8, 4) is 11.5 Å². The van der Waals surface area contributed by atoms with Gasteiger partial charge < -0.3 is 29.8 Å². The number of carbonyl (C=O) groups excluding carboxylic acids is 2. The Balaban J connectivity index is 1.52. The summed E-state index contributed by atoms with van der Waals surface area (Å²) in [5.41, 5.74) is 7.42. The van der Waals surface area contributed by atoms with Gasteiger partial charge >= 0.3 is 6.09 Å². The second-order valence-electron chi connectivity index (χ2n) is 8.58. The van der Waals surface area contributed by atoms with Crippen LogP contribution in [0.15, 0.2) is 52.1 Å². The number of aryl methyl sites for hydroxylation is 1. The van der Waals surface area contributed by atoms with E-state index in [4.69, 9.17) is 19.7 Å². The van der Waals surface area contributed by atoms with E-state index in [1.54, 1.807) is 47.4 Å². The number of primary amides is 1. The van der Waals surface area contributed by atoms with Crippen LogP contribution in [0.1, 0.15) is 23.6 Å². The van der Waals surface area contributed by atoms with Crippen LogP contribution in [0.4, 0.5) is 10.6 Å². The van der Waals surface area contributed by atoms with E-state index in [9.17, 15) is 18.0 Å². The van der Waals surface area contributed by atoms with Crippen LogP contribution in [-0.2, 0) is 39.1 Å². The Hall–Kier alpha value is -4.79. The van der Waals surface area contributed by atoms with Crippen LogP contribution < -0.4 is 25.2 Å². The van der Waals surface area contributed by atoms with E-state index in [0.717, 1.165) is 11.1 Å². The number of ether oxygens (including phenoxy) is 3. The van der Waals surface area contributed by atoms with Crippen molar-refractivity contribution in [2.75, 3.05) is 25.5 Å². The number of nitrogens with zero attached hydrogens (tertiary/aromatic N) is 3. The highest BCUT2D eigenvalue weighted by Crippen LogP contribution is 2.36.